The van der Waals surface area contributed by atoms with Gasteiger partial charge in [0.15, 0.2) is 0 Å². The van der Waals surface area contributed by atoms with Gasteiger partial charge in [-0.05, 0) is 81.1 Å². The molecule has 7 nitrogen and oxygen atoms in total. The van der Waals surface area contributed by atoms with Crippen LogP contribution < -0.4 is 15.0 Å². The van der Waals surface area contributed by atoms with Gasteiger partial charge in [-0.3, -0.25) is 9.78 Å². The van der Waals surface area contributed by atoms with E-state index < -0.39 is 29.6 Å². The van der Waals surface area contributed by atoms with Crippen molar-refractivity contribution in [1.82, 2.24) is 15.2 Å². The summed E-state index contributed by atoms with van der Waals surface area (Å²) in [6.45, 7) is 4.98. The minimum absolute atomic E-state index is 0.0830. The number of ether oxygens (including phenoxy) is 1. The Kier molecular flexibility index (Phi) is 6.04. The van der Waals surface area contributed by atoms with Crippen molar-refractivity contribution in [2.45, 2.75) is 44.6 Å². The summed E-state index contributed by atoms with van der Waals surface area (Å²) in [5, 5.41) is 3.37. The smallest absolute Gasteiger partial charge is 0.406 e. The number of nitrogens with one attached hydrogen (secondary N) is 1. The summed E-state index contributed by atoms with van der Waals surface area (Å²) in [5.41, 5.74) is -0.0992. The first kappa shape index (κ1) is 23.0. The van der Waals surface area contributed by atoms with E-state index in [0.717, 1.165) is 42.0 Å². The lowest BCUT2D eigenvalue weighted by atomic mass is 9.84. The number of alkyl halides is 3. The molecule has 2 fully saturated rings. The highest BCUT2D eigenvalue weighted by Gasteiger charge is 2.55. The minimum Gasteiger partial charge on any atom is -0.406 e. The van der Waals surface area contributed by atoms with Crippen molar-refractivity contribution >= 4 is 17.6 Å². The third-order valence-electron chi connectivity index (χ3n) is 6.16. The molecule has 33 heavy (non-hydrogen) atoms. The molecule has 3 heterocycles. The van der Waals surface area contributed by atoms with Crippen LogP contribution in [0.15, 0.2) is 48.8 Å². The number of rotatable bonds is 5. The molecule has 0 aliphatic carbocycles. The van der Waals surface area contributed by atoms with E-state index in [2.05, 4.69) is 15.0 Å². The van der Waals surface area contributed by atoms with E-state index in [1.807, 2.05) is 12.1 Å². The first-order valence-corrected chi connectivity index (χ1v) is 10.7. The number of halogens is 3. The highest BCUT2D eigenvalue weighted by molar-refractivity contribution is 6.23. The monoisotopic (exact) mass is 462 g/mol. The van der Waals surface area contributed by atoms with Crippen molar-refractivity contribution in [2.75, 3.05) is 18.0 Å². The number of anilines is 1. The highest BCUT2D eigenvalue weighted by Crippen LogP contribution is 2.43. The topological polar surface area (TPSA) is 74.8 Å². The van der Waals surface area contributed by atoms with E-state index in [1.54, 1.807) is 31.1 Å². The second kappa shape index (κ2) is 8.66. The summed E-state index contributed by atoms with van der Waals surface area (Å²) in [6, 6.07) is 7.54. The zero-order valence-corrected chi connectivity index (χ0v) is 18.3. The SMILES string of the molecule is CC1(C)C(=O)N(c2ccc(OC(F)(F)F)cc2)C(=O)N1C(c1ccncc1)C1CCCNC1. The molecule has 4 rings (SSSR count). The van der Waals surface area contributed by atoms with Gasteiger partial charge in [0.2, 0.25) is 0 Å². The molecule has 1 aromatic carbocycles. The first-order valence-electron chi connectivity index (χ1n) is 10.7. The Morgan fingerprint density at radius 3 is 2.36 bits per heavy atom. The summed E-state index contributed by atoms with van der Waals surface area (Å²) in [4.78, 5) is 33.8. The second-order valence-corrected chi connectivity index (χ2v) is 8.73. The Bertz CT molecular complexity index is 1010. The lowest BCUT2D eigenvalue weighted by Gasteiger charge is -2.41. The molecule has 2 aliphatic rings. The predicted molar refractivity (Wildman–Crippen MR) is 114 cm³/mol. The van der Waals surface area contributed by atoms with Crippen molar-refractivity contribution in [3.63, 3.8) is 0 Å². The molecule has 2 aromatic rings. The number of carbonyl (C=O) groups is 2. The van der Waals surface area contributed by atoms with E-state index in [-0.39, 0.29) is 17.6 Å². The van der Waals surface area contributed by atoms with Gasteiger partial charge in [-0.25, -0.2) is 9.69 Å². The molecule has 2 unspecified atom stereocenters. The van der Waals surface area contributed by atoms with Crippen molar-refractivity contribution in [3.8, 4) is 5.75 Å². The molecule has 0 bridgehead atoms. The fourth-order valence-electron chi connectivity index (χ4n) is 4.64. The lowest BCUT2D eigenvalue weighted by Crippen LogP contribution is -2.50. The maximum absolute atomic E-state index is 13.7. The largest absolute Gasteiger partial charge is 0.573 e. The van der Waals surface area contributed by atoms with Crippen molar-refractivity contribution in [2.24, 2.45) is 5.92 Å². The first-order chi connectivity index (χ1) is 15.6. The maximum atomic E-state index is 13.7. The number of amides is 3. The molecule has 2 saturated heterocycles. The molecule has 0 saturated carbocycles. The summed E-state index contributed by atoms with van der Waals surface area (Å²) in [6.07, 6.45) is 0.326. The van der Waals surface area contributed by atoms with Crippen LogP contribution in [0.5, 0.6) is 5.75 Å². The van der Waals surface area contributed by atoms with E-state index in [9.17, 15) is 22.8 Å². The molecular weight excluding hydrogens is 437 g/mol. The Hall–Kier alpha value is -3.14. The lowest BCUT2D eigenvalue weighted by molar-refractivity contribution is -0.274. The standard InChI is InChI=1S/C23H25F3N4O3/c1-22(2)20(31)29(17-5-7-18(8-6-17)33-23(24,25)26)21(32)30(22)19(15-9-12-27-13-10-15)16-4-3-11-28-14-16/h5-10,12-13,16,19,28H,3-4,11,14H2,1-2H3. The minimum atomic E-state index is -4.83. The molecule has 10 heteroatoms. The number of urea groups is 1. The van der Waals surface area contributed by atoms with Crippen LogP contribution in [0, 0.1) is 5.92 Å². The zero-order chi connectivity index (χ0) is 23.8. The Labute approximate surface area is 189 Å². The van der Waals surface area contributed by atoms with Crippen LogP contribution in [-0.4, -0.2) is 46.8 Å². The third kappa shape index (κ3) is 4.52. The van der Waals surface area contributed by atoms with Crippen molar-refractivity contribution < 1.29 is 27.5 Å². The number of nitrogens with zero attached hydrogens (tertiary/aromatic N) is 3. The third-order valence-corrected chi connectivity index (χ3v) is 6.16. The number of imide groups is 1. The molecule has 2 atom stereocenters. The van der Waals surface area contributed by atoms with Gasteiger partial charge in [0.1, 0.15) is 11.3 Å². The molecule has 0 radical (unpaired) electrons. The van der Waals surface area contributed by atoms with Gasteiger partial charge in [0, 0.05) is 18.9 Å². The van der Waals surface area contributed by atoms with Gasteiger partial charge in [-0.15, -0.1) is 13.2 Å². The van der Waals surface area contributed by atoms with Crippen molar-refractivity contribution in [1.29, 1.82) is 0 Å². The van der Waals surface area contributed by atoms with Gasteiger partial charge in [-0.1, -0.05) is 0 Å². The fourth-order valence-corrected chi connectivity index (χ4v) is 4.64. The number of benzene rings is 1. The van der Waals surface area contributed by atoms with Crippen LogP contribution in [0.2, 0.25) is 0 Å². The van der Waals surface area contributed by atoms with Gasteiger partial charge < -0.3 is 15.0 Å². The van der Waals surface area contributed by atoms with Gasteiger partial charge >= 0.3 is 12.4 Å². The van der Waals surface area contributed by atoms with Crippen molar-refractivity contribution in [3.05, 3.63) is 54.4 Å². The molecular formula is C23H25F3N4O3. The quantitative estimate of drug-likeness (QED) is 0.672. The summed E-state index contributed by atoms with van der Waals surface area (Å²) in [5.74, 6) is -0.788. The molecule has 0 spiro atoms. The zero-order valence-electron chi connectivity index (χ0n) is 18.3. The predicted octanol–water partition coefficient (Wildman–Crippen LogP) is 4.27. The second-order valence-electron chi connectivity index (χ2n) is 8.73. The number of pyridine rings is 1. The van der Waals surface area contributed by atoms with Gasteiger partial charge in [0.25, 0.3) is 5.91 Å². The van der Waals surface area contributed by atoms with Crippen LogP contribution in [0.1, 0.15) is 38.3 Å². The average molecular weight is 462 g/mol. The fraction of sp³-hybridized carbons (Fsp3) is 0.435. The summed E-state index contributed by atoms with van der Waals surface area (Å²) in [7, 11) is 0. The number of hydrogen-bond acceptors (Lipinski definition) is 5. The Morgan fingerprint density at radius 2 is 1.79 bits per heavy atom. The summed E-state index contributed by atoms with van der Waals surface area (Å²) < 4.78 is 41.4. The van der Waals surface area contributed by atoms with E-state index in [4.69, 9.17) is 0 Å². The van der Waals surface area contributed by atoms with Crippen LogP contribution in [-0.2, 0) is 4.79 Å². The van der Waals surface area contributed by atoms with Crippen LogP contribution >= 0.6 is 0 Å². The van der Waals surface area contributed by atoms with Crippen LogP contribution in [0.4, 0.5) is 23.7 Å². The normalized spacial score (nSPS) is 21.9. The number of piperidine rings is 1. The van der Waals surface area contributed by atoms with E-state index in [1.165, 1.54) is 12.1 Å². The molecule has 3 amide bonds. The Balaban J connectivity index is 1.70. The van der Waals surface area contributed by atoms with Gasteiger partial charge in [0.05, 0.1) is 11.7 Å². The van der Waals surface area contributed by atoms with E-state index >= 15 is 0 Å². The van der Waals surface area contributed by atoms with Crippen LogP contribution in [0.25, 0.3) is 0 Å². The highest BCUT2D eigenvalue weighted by atomic mass is 19.4. The maximum Gasteiger partial charge on any atom is 0.573 e. The van der Waals surface area contributed by atoms with Crippen LogP contribution in [0.3, 0.4) is 0 Å². The van der Waals surface area contributed by atoms with Gasteiger partial charge in [-0.2, -0.15) is 0 Å². The molecule has 1 aromatic heterocycles. The molecule has 176 valence electrons. The molecule has 1 N–H and O–H groups in total. The Morgan fingerprint density at radius 1 is 1.12 bits per heavy atom. The number of aromatic nitrogens is 1. The van der Waals surface area contributed by atoms with E-state index in [0.29, 0.717) is 6.54 Å². The summed E-state index contributed by atoms with van der Waals surface area (Å²) >= 11 is 0. The number of carbonyl (C=O) groups excluding carboxylic acids is 2. The molecule has 2 aliphatic heterocycles. The number of hydrogen-bond donors (Lipinski definition) is 1. The average Bonchev–Trinajstić information content (AvgIpc) is 2.95.